The summed E-state index contributed by atoms with van der Waals surface area (Å²) in [5.74, 6) is -0.114. The summed E-state index contributed by atoms with van der Waals surface area (Å²) in [5, 5.41) is 0. The van der Waals surface area contributed by atoms with Crippen molar-refractivity contribution < 1.29 is 22.4 Å². The van der Waals surface area contributed by atoms with Gasteiger partial charge in [0, 0.05) is 30.8 Å². The van der Waals surface area contributed by atoms with Gasteiger partial charge in [-0.15, -0.1) is 0 Å². The first-order valence-corrected chi connectivity index (χ1v) is 7.92. The highest BCUT2D eigenvalue weighted by Crippen LogP contribution is 2.30. The van der Waals surface area contributed by atoms with Crippen molar-refractivity contribution in [1.29, 1.82) is 0 Å². The van der Waals surface area contributed by atoms with E-state index in [1.807, 2.05) is 4.90 Å². The molecule has 0 aliphatic carbocycles. The molecule has 3 rings (SSSR count). The summed E-state index contributed by atoms with van der Waals surface area (Å²) in [5.41, 5.74) is -0.301. The Bertz CT molecular complexity index is 733. The lowest BCUT2D eigenvalue weighted by atomic mass is 9.89. The fourth-order valence-corrected chi connectivity index (χ4v) is 2.96. The Morgan fingerprint density at radius 2 is 1.68 bits per heavy atom. The largest absolute Gasteiger partial charge is 0.417 e. The smallest absolute Gasteiger partial charge is 0.357 e. The third-order valence-corrected chi connectivity index (χ3v) is 4.39. The minimum Gasteiger partial charge on any atom is -0.357 e. The summed E-state index contributed by atoms with van der Waals surface area (Å²) in [6.07, 6.45) is -2.41. The first-order chi connectivity index (χ1) is 11.8. The standard InChI is InChI=1S/C18H16F4N2O/c19-15-4-1-12(2-5-15)17(25)13-7-9-24(10-8-13)16-6-3-14(11-23-16)18(20,21)22/h1-6,11,13H,7-10H2. The van der Waals surface area contributed by atoms with Crippen LogP contribution in [0.15, 0.2) is 42.6 Å². The fourth-order valence-electron chi connectivity index (χ4n) is 2.96. The van der Waals surface area contributed by atoms with E-state index in [-0.39, 0.29) is 17.5 Å². The Labute approximate surface area is 142 Å². The van der Waals surface area contributed by atoms with Crippen molar-refractivity contribution in [3.63, 3.8) is 0 Å². The van der Waals surface area contributed by atoms with Crippen LogP contribution in [-0.2, 0) is 6.18 Å². The molecule has 0 atom stereocenters. The molecule has 7 heteroatoms. The molecule has 0 spiro atoms. The quantitative estimate of drug-likeness (QED) is 0.609. The molecule has 132 valence electrons. The van der Waals surface area contributed by atoms with Gasteiger partial charge >= 0.3 is 6.18 Å². The van der Waals surface area contributed by atoms with E-state index < -0.39 is 11.7 Å². The predicted octanol–water partition coefficient (Wildman–Crippen LogP) is 4.34. The number of carbonyl (C=O) groups is 1. The van der Waals surface area contributed by atoms with Gasteiger partial charge in [-0.05, 0) is 49.2 Å². The van der Waals surface area contributed by atoms with E-state index in [0.29, 0.717) is 37.3 Å². The maximum atomic E-state index is 12.9. The zero-order valence-electron chi connectivity index (χ0n) is 13.3. The van der Waals surface area contributed by atoms with Gasteiger partial charge in [0.25, 0.3) is 0 Å². The zero-order chi connectivity index (χ0) is 18.0. The van der Waals surface area contributed by atoms with Crippen LogP contribution in [0.5, 0.6) is 0 Å². The Kier molecular flexibility index (Phi) is 4.74. The van der Waals surface area contributed by atoms with E-state index in [1.165, 1.54) is 30.3 Å². The molecule has 0 unspecified atom stereocenters. The highest BCUT2D eigenvalue weighted by molar-refractivity contribution is 5.97. The average Bonchev–Trinajstić information content (AvgIpc) is 2.61. The van der Waals surface area contributed by atoms with Crippen LogP contribution >= 0.6 is 0 Å². The number of piperidine rings is 1. The van der Waals surface area contributed by atoms with Crippen LogP contribution in [0, 0.1) is 11.7 Å². The van der Waals surface area contributed by atoms with Gasteiger partial charge in [0.2, 0.25) is 0 Å². The third kappa shape index (κ3) is 3.97. The Morgan fingerprint density at radius 3 is 2.20 bits per heavy atom. The van der Waals surface area contributed by atoms with Crippen molar-refractivity contribution in [2.75, 3.05) is 18.0 Å². The molecule has 3 nitrogen and oxygen atoms in total. The van der Waals surface area contributed by atoms with Gasteiger partial charge in [-0.1, -0.05) is 0 Å². The van der Waals surface area contributed by atoms with E-state index in [4.69, 9.17) is 0 Å². The number of hydrogen-bond acceptors (Lipinski definition) is 3. The summed E-state index contributed by atoms with van der Waals surface area (Å²) < 4.78 is 50.7. The van der Waals surface area contributed by atoms with Gasteiger partial charge in [0.1, 0.15) is 11.6 Å². The molecule has 1 aromatic heterocycles. The van der Waals surface area contributed by atoms with Crippen molar-refractivity contribution in [3.05, 3.63) is 59.5 Å². The minimum atomic E-state index is -4.40. The van der Waals surface area contributed by atoms with Crippen LogP contribution in [0.3, 0.4) is 0 Å². The number of benzene rings is 1. The average molecular weight is 352 g/mol. The molecule has 0 bridgehead atoms. The zero-order valence-corrected chi connectivity index (χ0v) is 13.3. The summed E-state index contributed by atoms with van der Waals surface area (Å²) in [6.45, 7) is 1.08. The molecule has 2 heterocycles. The first kappa shape index (κ1) is 17.4. The van der Waals surface area contributed by atoms with Gasteiger partial charge in [-0.2, -0.15) is 13.2 Å². The number of hydrogen-bond donors (Lipinski definition) is 0. The van der Waals surface area contributed by atoms with Crippen LogP contribution in [0.25, 0.3) is 0 Å². The molecule has 0 amide bonds. The molecule has 1 aliphatic heterocycles. The lowest BCUT2D eigenvalue weighted by Gasteiger charge is -2.32. The van der Waals surface area contributed by atoms with E-state index in [1.54, 1.807) is 0 Å². The van der Waals surface area contributed by atoms with Crippen molar-refractivity contribution in [2.45, 2.75) is 19.0 Å². The molecule has 2 aromatic rings. The van der Waals surface area contributed by atoms with Crippen LogP contribution in [-0.4, -0.2) is 23.9 Å². The second-order valence-corrected chi connectivity index (χ2v) is 6.04. The number of carbonyl (C=O) groups excluding carboxylic acids is 1. The Balaban J connectivity index is 1.61. The van der Waals surface area contributed by atoms with Gasteiger partial charge in [0.15, 0.2) is 5.78 Å². The molecule has 1 fully saturated rings. The minimum absolute atomic E-state index is 0.0278. The summed E-state index contributed by atoms with van der Waals surface area (Å²) in [7, 11) is 0. The van der Waals surface area contributed by atoms with Crippen LogP contribution in [0.1, 0.15) is 28.8 Å². The topological polar surface area (TPSA) is 33.2 Å². The summed E-state index contributed by atoms with van der Waals surface area (Å²) >= 11 is 0. The van der Waals surface area contributed by atoms with Gasteiger partial charge in [-0.25, -0.2) is 9.37 Å². The number of nitrogens with zero attached hydrogens (tertiary/aromatic N) is 2. The lowest BCUT2D eigenvalue weighted by molar-refractivity contribution is -0.137. The maximum Gasteiger partial charge on any atom is 0.417 e. The number of alkyl halides is 3. The van der Waals surface area contributed by atoms with Gasteiger partial charge in [-0.3, -0.25) is 4.79 Å². The monoisotopic (exact) mass is 352 g/mol. The molecule has 0 saturated carbocycles. The Hall–Kier alpha value is -2.44. The summed E-state index contributed by atoms with van der Waals surface area (Å²) in [4.78, 5) is 18.2. The number of halogens is 4. The van der Waals surface area contributed by atoms with Crippen LogP contribution < -0.4 is 4.90 Å². The van der Waals surface area contributed by atoms with Crippen molar-refractivity contribution in [2.24, 2.45) is 5.92 Å². The third-order valence-electron chi connectivity index (χ3n) is 4.39. The van der Waals surface area contributed by atoms with E-state index >= 15 is 0 Å². The fraction of sp³-hybridized carbons (Fsp3) is 0.333. The molecule has 25 heavy (non-hydrogen) atoms. The van der Waals surface area contributed by atoms with Crippen molar-refractivity contribution in [3.8, 4) is 0 Å². The van der Waals surface area contributed by atoms with E-state index in [0.717, 1.165) is 12.3 Å². The Morgan fingerprint density at radius 1 is 1.04 bits per heavy atom. The number of rotatable bonds is 3. The second-order valence-electron chi connectivity index (χ2n) is 6.04. The number of ketones is 1. The molecular weight excluding hydrogens is 336 g/mol. The van der Waals surface area contributed by atoms with E-state index in [2.05, 4.69) is 4.98 Å². The van der Waals surface area contributed by atoms with Crippen molar-refractivity contribution >= 4 is 11.6 Å². The van der Waals surface area contributed by atoms with Crippen LogP contribution in [0.2, 0.25) is 0 Å². The van der Waals surface area contributed by atoms with Gasteiger partial charge < -0.3 is 4.90 Å². The predicted molar refractivity (Wildman–Crippen MR) is 84.9 cm³/mol. The lowest BCUT2D eigenvalue weighted by Crippen LogP contribution is -2.36. The van der Waals surface area contributed by atoms with Gasteiger partial charge in [0.05, 0.1) is 5.56 Å². The first-order valence-electron chi connectivity index (χ1n) is 7.92. The molecule has 1 aliphatic rings. The molecular formula is C18H16F4N2O. The molecule has 1 saturated heterocycles. The molecule has 0 radical (unpaired) electrons. The number of anilines is 1. The highest BCUT2D eigenvalue weighted by Gasteiger charge is 2.31. The number of pyridine rings is 1. The second kappa shape index (κ2) is 6.82. The highest BCUT2D eigenvalue weighted by atomic mass is 19.4. The number of Topliss-reactive ketones (excluding diaryl/α,β-unsaturated/α-hetero) is 1. The maximum absolute atomic E-state index is 12.9. The van der Waals surface area contributed by atoms with Crippen molar-refractivity contribution in [1.82, 2.24) is 4.98 Å². The van der Waals surface area contributed by atoms with E-state index in [9.17, 15) is 22.4 Å². The summed E-state index contributed by atoms with van der Waals surface area (Å²) in [6, 6.07) is 7.83. The molecule has 1 aromatic carbocycles. The number of aromatic nitrogens is 1. The molecule has 0 N–H and O–H groups in total. The normalized spacial score (nSPS) is 16.1. The van der Waals surface area contributed by atoms with Crippen LogP contribution in [0.4, 0.5) is 23.4 Å². The SMILES string of the molecule is O=C(c1ccc(F)cc1)C1CCN(c2ccc(C(F)(F)F)cn2)CC1.